The van der Waals surface area contributed by atoms with Crippen molar-refractivity contribution in [2.75, 3.05) is 0 Å². The maximum absolute atomic E-state index is 13.8. The maximum Gasteiger partial charge on any atom is 0.372 e. The Morgan fingerprint density at radius 1 is 1.22 bits per heavy atom. The Morgan fingerprint density at radius 2 is 1.78 bits per heavy atom. The van der Waals surface area contributed by atoms with Crippen molar-refractivity contribution in [2.24, 2.45) is 0 Å². The summed E-state index contributed by atoms with van der Waals surface area (Å²) in [6.45, 7) is 5.15. The molecule has 1 N–H and O–H groups in total. The van der Waals surface area contributed by atoms with Crippen molar-refractivity contribution in [1.29, 1.82) is 0 Å². The molecule has 0 aliphatic carbocycles. The van der Waals surface area contributed by atoms with E-state index in [-0.39, 0.29) is 16.5 Å². The summed E-state index contributed by atoms with van der Waals surface area (Å²) in [4.78, 5) is 11.1. The molecule has 3 nitrogen and oxygen atoms in total. The van der Waals surface area contributed by atoms with E-state index in [1.807, 2.05) is 0 Å². The highest BCUT2D eigenvalue weighted by atomic mass is 19.1. The van der Waals surface area contributed by atoms with Gasteiger partial charge < -0.3 is 9.52 Å². The van der Waals surface area contributed by atoms with Crippen LogP contribution in [0.2, 0.25) is 0 Å². The highest BCUT2D eigenvalue weighted by Crippen LogP contribution is 2.37. The molecule has 0 bridgehead atoms. The van der Waals surface area contributed by atoms with Crippen molar-refractivity contribution in [3.05, 3.63) is 35.1 Å². The lowest BCUT2D eigenvalue weighted by Crippen LogP contribution is -2.15. The summed E-state index contributed by atoms with van der Waals surface area (Å²) in [6, 6.07) is 1.88. The number of carbonyl (C=O) groups is 1. The highest BCUT2D eigenvalue weighted by molar-refractivity contribution is 5.96. The normalized spacial score (nSPS) is 12.1. The van der Waals surface area contributed by atoms with E-state index in [2.05, 4.69) is 0 Å². The van der Waals surface area contributed by atoms with Gasteiger partial charge in [0.1, 0.15) is 5.82 Å². The first-order valence-electron chi connectivity index (χ1n) is 5.37. The molecule has 1 aromatic heterocycles. The van der Waals surface area contributed by atoms with Crippen molar-refractivity contribution in [3.8, 4) is 0 Å². The number of carboxylic acids is 1. The number of hydrogen-bond acceptors (Lipinski definition) is 2. The molecule has 0 atom stereocenters. The zero-order chi connectivity index (χ0) is 13.7. The van der Waals surface area contributed by atoms with Crippen LogP contribution in [0.3, 0.4) is 0 Å². The van der Waals surface area contributed by atoms with Crippen LogP contribution in [0.15, 0.2) is 16.5 Å². The molecule has 0 fully saturated rings. The van der Waals surface area contributed by atoms with Gasteiger partial charge in [0.25, 0.3) is 0 Å². The van der Waals surface area contributed by atoms with Gasteiger partial charge in [-0.1, -0.05) is 20.8 Å². The summed E-state index contributed by atoms with van der Waals surface area (Å²) in [7, 11) is 0. The van der Waals surface area contributed by atoms with Crippen LogP contribution in [0.4, 0.5) is 8.78 Å². The second kappa shape index (κ2) is 3.80. The molecule has 0 saturated heterocycles. The zero-order valence-corrected chi connectivity index (χ0v) is 10.2. The van der Waals surface area contributed by atoms with E-state index in [1.165, 1.54) is 0 Å². The fraction of sp³-hybridized carbons (Fsp3) is 0.308. The van der Waals surface area contributed by atoms with Gasteiger partial charge in [0.15, 0.2) is 11.4 Å². The summed E-state index contributed by atoms with van der Waals surface area (Å²) >= 11 is 0. The quantitative estimate of drug-likeness (QED) is 0.844. The van der Waals surface area contributed by atoms with E-state index in [9.17, 15) is 13.6 Å². The van der Waals surface area contributed by atoms with Crippen LogP contribution < -0.4 is 0 Å². The number of benzene rings is 1. The first kappa shape index (κ1) is 12.5. The van der Waals surface area contributed by atoms with E-state index < -0.39 is 28.8 Å². The number of aromatic carboxylic acids is 1. The van der Waals surface area contributed by atoms with Crippen LogP contribution in [-0.2, 0) is 5.41 Å². The summed E-state index contributed by atoms with van der Waals surface area (Å²) in [5.41, 5.74) is -0.854. The van der Waals surface area contributed by atoms with E-state index in [1.54, 1.807) is 20.8 Å². The van der Waals surface area contributed by atoms with Gasteiger partial charge in [0.2, 0.25) is 5.76 Å². The molecular formula is C13H12F2O3. The summed E-state index contributed by atoms with van der Waals surface area (Å²) < 4.78 is 32.4. The Balaban J connectivity index is 3.00. The van der Waals surface area contributed by atoms with Gasteiger partial charge in [-0.05, 0) is 17.5 Å². The topological polar surface area (TPSA) is 50.4 Å². The number of hydrogen-bond donors (Lipinski definition) is 1. The van der Waals surface area contributed by atoms with Crippen LogP contribution in [0.5, 0.6) is 0 Å². The molecule has 5 heteroatoms. The zero-order valence-electron chi connectivity index (χ0n) is 10.2. The smallest absolute Gasteiger partial charge is 0.372 e. The molecule has 0 amide bonds. The minimum atomic E-state index is -1.34. The lowest BCUT2D eigenvalue weighted by molar-refractivity contribution is 0.0661. The molecular weight excluding hydrogens is 242 g/mol. The molecule has 0 spiro atoms. The third kappa shape index (κ3) is 1.75. The Labute approximate surface area is 102 Å². The lowest BCUT2D eigenvalue weighted by atomic mass is 9.84. The monoisotopic (exact) mass is 254 g/mol. The highest BCUT2D eigenvalue weighted by Gasteiger charge is 2.31. The van der Waals surface area contributed by atoms with Crippen molar-refractivity contribution in [1.82, 2.24) is 0 Å². The molecule has 0 unspecified atom stereocenters. The molecule has 0 radical (unpaired) electrons. The SMILES string of the molecule is CC(C)(C)c1c(C(=O)O)oc2c(F)ccc(F)c12. The molecule has 18 heavy (non-hydrogen) atoms. The van der Waals surface area contributed by atoms with Gasteiger partial charge in [0.05, 0.1) is 5.39 Å². The number of furan rings is 1. The van der Waals surface area contributed by atoms with Gasteiger partial charge in [0, 0.05) is 5.56 Å². The van der Waals surface area contributed by atoms with Gasteiger partial charge >= 0.3 is 5.97 Å². The number of rotatable bonds is 1. The minimum absolute atomic E-state index is 0.0973. The minimum Gasteiger partial charge on any atom is -0.475 e. The lowest BCUT2D eigenvalue weighted by Gasteiger charge is -2.18. The predicted molar refractivity (Wildman–Crippen MR) is 61.8 cm³/mol. The van der Waals surface area contributed by atoms with Crippen LogP contribution in [0.25, 0.3) is 11.0 Å². The van der Waals surface area contributed by atoms with Crippen molar-refractivity contribution < 1.29 is 23.1 Å². The van der Waals surface area contributed by atoms with Crippen molar-refractivity contribution in [2.45, 2.75) is 26.2 Å². The van der Waals surface area contributed by atoms with Gasteiger partial charge in [-0.25, -0.2) is 13.6 Å². The Bertz CT molecular complexity index is 636. The second-order valence-electron chi connectivity index (χ2n) is 5.09. The summed E-state index contributed by atoms with van der Waals surface area (Å²) in [5, 5.41) is 8.98. The standard InChI is InChI=1S/C13H12F2O3/c1-13(2,3)9-8-6(14)4-5-7(15)10(8)18-11(9)12(16)17/h4-5H,1-3H3,(H,16,17). The predicted octanol–water partition coefficient (Wildman–Crippen LogP) is 3.71. The number of fused-ring (bicyclic) bond motifs is 1. The maximum atomic E-state index is 13.8. The van der Waals surface area contributed by atoms with E-state index in [0.29, 0.717) is 0 Å². The van der Waals surface area contributed by atoms with Crippen molar-refractivity contribution >= 4 is 16.9 Å². The van der Waals surface area contributed by atoms with E-state index >= 15 is 0 Å². The van der Waals surface area contributed by atoms with E-state index in [0.717, 1.165) is 12.1 Å². The van der Waals surface area contributed by atoms with Crippen LogP contribution >= 0.6 is 0 Å². The average molecular weight is 254 g/mol. The molecule has 2 aromatic rings. The van der Waals surface area contributed by atoms with Crippen LogP contribution in [-0.4, -0.2) is 11.1 Å². The second-order valence-corrected chi connectivity index (χ2v) is 5.09. The Morgan fingerprint density at radius 3 is 2.28 bits per heavy atom. The first-order valence-corrected chi connectivity index (χ1v) is 5.37. The van der Waals surface area contributed by atoms with Crippen LogP contribution in [0, 0.1) is 11.6 Å². The molecule has 1 heterocycles. The molecule has 0 aliphatic heterocycles. The number of carboxylic acid groups (broad SMARTS) is 1. The Hall–Kier alpha value is -1.91. The fourth-order valence-electron chi connectivity index (χ4n) is 2.00. The molecule has 2 rings (SSSR count). The molecule has 0 saturated carbocycles. The average Bonchev–Trinajstić information content (AvgIpc) is 2.64. The third-order valence-corrected chi connectivity index (χ3v) is 2.68. The molecule has 1 aromatic carbocycles. The van der Waals surface area contributed by atoms with Crippen molar-refractivity contribution in [3.63, 3.8) is 0 Å². The molecule has 96 valence electrons. The fourth-order valence-corrected chi connectivity index (χ4v) is 2.00. The summed E-state index contributed by atoms with van der Waals surface area (Å²) in [5.74, 6) is -3.21. The van der Waals surface area contributed by atoms with Crippen LogP contribution in [0.1, 0.15) is 36.9 Å². The largest absolute Gasteiger partial charge is 0.475 e. The van der Waals surface area contributed by atoms with Gasteiger partial charge in [-0.15, -0.1) is 0 Å². The Kier molecular flexibility index (Phi) is 2.65. The number of halogens is 2. The summed E-state index contributed by atoms with van der Waals surface area (Å²) in [6.07, 6.45) is 0. The third-order valence-electron chi connectivity index (χ3n) is 2.68. The van der Waals surface area contributed by atoms with Gasteiger partial charge in [-0.2, -0.15) is 0 Å². The van der Waals surface area contributed by atoms with Gasteiger partial charge in [-0.3, -0.25) is 0 Å². The van der Waals surface area contributed by atoms with E-state index in [4.69, 9.17) is 9.52 Å². The first-order chi connectivity index (χ1) is 8.23. The molecule has 0 aliphatic rings.